The number of carbonyl (C=O) groups is 2. The summed E-state index contributed by atoms with van der Waals surface area (Å²) in [6, 6.07) is 7.59. The average Bonchev–Trinajstić information content (AvgIpc) is 3.51. The predicted molar refractivity (Wildman–Crippen MR) is 99.7 cm³/mol. The van der Waals surface area contributed by atoms with Crippen molar-refractivity contribution >= 4 is 17.6 Å². The lowest BCUT2D eigenvalue weighted by atomic mass is 10.1. The zero-order chi connectivity index (χ0) is 18.4. The number of nitrogens with two attached hydrogens (primary N) is 1. The number of morpholine rings is 1. The summed E-state index contributed by atoms with van der Waals surface area (Å²) in [5, 5.41) is 2.94. The molecule has 3 amide bonds. The topological polar surface area (TPSA) is 87.9 Å². The van der Waals surface area contributed by atoms with Gasteiger partial charge in [0.15, 0.2) is 0 Å². The molecule has 142 valence electrons. The molecule has 0 spiro atoms. The van der Waals surface area contributed by atoms with E-state index in [1.165, 1.54) is 0 Å². The van der Waals surface area contributed by atoms with E-state index in [-0.39, 0.29) is 17.9 Å². The lowest BCUT2D eigenvalue weighted by Crippen LogP contribution is -2.43. The first-order valence-electron chi connectivity index (χ1n) is 9.39. The summed E-state index contributed by atoms with van der Waals surface area (Å²) in [5.74, 6) is 0.415. The Morgan fingerprint density at radius 2 is 2.04 bits per heavy atom. The number of nitrogens with zero attached hydrogens (tertiary/aromatic N) is 2. The Hall–Kier alpha value is -2.12. The largest absolute Gasteiger partial charge is 0.378 e. The fraction of sp³-hybridized carbons (Fsp3) is 0.579. The second-order valence-electron chi connectivity index (χ2n) is 6.91. The van der Waals surface area contributed by atoms with Crippen LogP contribution in [-0.2, 0) is 16.1 Å². The highest BCUT2D eigenvalue weighted by atomic mass is 16.5. The number of amides is 3. The molecule has 2 fully saturated rings. The van der Waals surface area contributed by atoms with E-state index in [0.29, 0.717) is 45.9 Å². The third kappa shape index (κ3) is 5.19. The highest BCUT2D eigenvalue weighted by Gasteiger charge is 2.33. The van der Waals surface area contributed by atoms with Crippen molar-refractivity contribution in [2.75, 3.05) is 44.7 Å². The van der Waals surface area contributed by atoms with Gasteiger partial charge in [-0.1, -0.05) is 12.1 Å². The van der Waals surface area contributed by atoms with Crippen LogP contribution in [0.5, 0.6) is 0 Å². The molecule has 1 aliphatic carbocycles. The molecule has 26 heavy (non-hydrogen) atoms. The van der Waals surface area contributed by atoms with Gasteiger partial charge in [-0.05, 0) is 43.5 Å². The van der Waals surface area contributed by atoms with Gasteiger partial charge >= 0.3 is 6.03 Å². The lowest BCUT2D eigenvalue weighted by molar-refractivity contribution is -0.133. The maximum absolute atomic E-state index is 12.5. The van der Waals surface area contributed by atoms with E-state index in [1.54, 1.807) is 4.90 Å². The van der Waals surface area contributed by atoms with E-state index in [0.717, 1.165) is 30.5 Å². The highest BCUT2D eigenvalue weighted by Crippen LogP contribution is 2.31. The standard InChI is InChI=1S/C19H28N4O3/c20-7-2-8-23(18(24)16-5-6-16)14-15-3-1-4-17(13-15)21-19(25)22-9-11-26-12-10-22/h1,3-4,13,16H,2,5-12,14,20H2,(H,21,25). The number of ether oxygens (including phenoxy) is 1. The van der Waals surface area contributed by atoms with Crippen molar-refractivity contribution in [1.82, 2.24) is 9.80 Å². The number of anilines is 1. The highest BCUT2D eigenvalue weighted by molar-refractivity contribution is 5.89. The van der Waals surface area contributed by atoms with E-state index < -0.39 is 0 Å². The Bertz CT molecular complexity index is 627. The van der Waals surface area contributed by atoms with Gasteiger partial charge in [0.2, 0.25) is 5.91 Å². The van der Waals surface area contributed by atoms with Gasteiger partial charge in [0, 0.05) is 37.8 Å². The number of urea groups is 1. The first-order chi connectivity index (χ1) is 12.7. The van der Waals surface area contributed by atoms with E-state index in [9.17, 15) is 9.59 Å². The number of carbonyl (C=O) groups excluding carboxylic acids is 2. The van der Waals surface area contributed by atoms with E-state index in [2.05, 4.69) is 5.32 Å². The van der Waals surface area contributed by atoms with Gasteiger partial charge in [-0.2, -0.15) is 0 Å². The van der Waals surface area contributed by atoms with Crippen LogP contribution in [0.1, 0.15) is 24.8 Å². The molecule has 0 atom stereocenters. The van der Waals surface area contributed by atoms with E-state index >= 15 is 0 Å². The third-order valence-corrected chi connectivity index (χ3v) is 4.72. The molecule has 0 aromatic heterocycles. The number of nitrogens with one attached hydrogen (secondary N) is 1. The van der Waals surface area contributed by atoms with Crippen molar-refractivity contribution in [2.45, 2.75) is 25.8 Å². The summed E-state index contributed by atoms with van der Waals surface area (Å²) < 4.78 is 5.27. The van der Waals surface area contributed by atoms with Crippen LogP contribution in [0, 0.1) is 5.92 Å². The quantitative estimate of drug-likeness (QED) is 0.774. The molecule has 1 aliphatic heterocycles. The van der Waals surface area contributed by atoms with Gasteiger partial charge in [-0.25, -0.2) is 4.79 Å². The summed E-state index contributed by atoms with van der Waals surface area (Å²) in [7, 11) is 0. The Kier molecular flexibility index (Phi) is 6.46. The SMILES string of the molecule is NCCCN(Cc1cccc(NC(=O)N2CCOCC2)c1)C(=O)C1CC1. The fourth-order valence-corrected chi connectivity index (χ4v) is 3.07. The molecule has 0 radical (unpaired) electrons. The third-order valence-electron chi connectivity index (χ3n) is 4.72. The van der Waals surface area contributed by atoms with Crippen LogP contribution in [0.25, 0.3) is 0 Å². The lowest BCUT2D eigenvalue weighted by Gasteiger charge is -2.27. The smallest absolute Gasteiger partial charge is 0.321 e. The molecular weight excluding hydrogens is 332 g/mol. The zero-order valence-corrected chi connectivity index (χ0v) is 15.2. The van der Waals surface area contributed by atoms with E-state index in [4.69, 9.17) is 10.5 Å². The number of benzene rings is 1. The van der Waals surface area contributed by atoms with Crippen molar-refractivity contribution in [3.8, 4) is 0 Å². The number of hydrogen-bond donors (Lipinski definition) is 2. The van der Waals surface area contributed by atoms with E-state index in [1.807, 2.05) is 29.2 Å². The Morgan fingerprint density at radius 1 is 1.27 bits per heavy atom. The molecule has 7 heteroatoms. The molecule has 1 heterocycles. The summed E-state index contributed by atoms with van der Waals surface area (Å²) in [6.07, 6.45) is 2.78. The van der Waals surface area contributed by atoms with Gasteiger partial charge < -0.3 is 25.6 Å². The molecule has 3 rings (SSSR count). The normalized spacial score (nSPS) is 17.0. The molecule has 3 N–H and O–H groups in total. The predicted octanol–water partition coefficient (Wildman–Crippen LogP) is 1.64. The molecule has 7 nitrogen and oxygen atoms in total. The Morgan fingerprint density at radius 3 is 2.73 bits per heavy atom. The minimum absolute atomic E-state index is 0.112. The second-order valence-corrected chi connectivity index (χ2v) is 6.91. The molecule has 1 saturated carbocycles. The van der Waals surface area contributed by atoms with Crippen molar-refractivity contribution in [1.29, 1.82) is 0 Å². The fourth-order valence-electron chi connectivity index (χ4n) is 3.07. The molecule has 0 unspecified atom stereocenters. The van der Waals surface area contributed by atoms with Crippen molar-refractivity contribution in [2.24, 2.45) is 11.7 Å². The number of rotatable bonds is 7. The van der Waals surface area contributed by atoms with Gasteiger partial charge in [-0.3, -0.25) is 4.79 Å². The first-order valence-corrected chi connectivity index (χ1v) is 9.39. The first kappa shape index (κ1) is 18.7. The Balaban J connectivity index is 1.61. The van der Waals surface area contributed by atoms with Crippen molar-refractivity contribution in [3.63, 3.8) is 0 Å². The molecule has 1 saturated heterocycles. The molecule has 0 bridgehead atoms. The van der Waals surface area contributed by atoms with Crippen molar-refractivity contribution in [3.05, 3.63) is 29.8 Å². The molecular formula is C19H28N4O3. The minimum Gasteiger partial charge on any atom is -0.378 e. The minimum atomic E-state index is -0.112. The van der Waals surface area contributed by atoms with Crippen LogP contribution in [0.2, 0.25) is 0 Å². The van der Waals surface area contributed by atoms with Crippen LogP contribution in [-0.4, -0.2) is 61.1 Å². The summed E-state index contributed by atoms with van der Waals surface area (Å²) >= 11 is 0. The molecule has 1 aromatic carbocycles. The van der Waals surface area contributed by atoms with Gasteiger partial charge in [0.1, 0.15) is 0 Å². The maximum atomic E-state index is 12.5. The van der Waals surface area contributed by atoms with Crippen LogP contribution in [0.3, 0.4) is 0 Å². The van der Waals surface area contributed by atoms with Crippen LogP contribution >= 0.6 is 0 Å². The van der Waals surface area contributed by atoms with Crippen LogP contribution < -0.4 is 11.1 Å². The summed E-state index contributed by atoms with van der Waals surface area (Å²) in [6.45, 7) is 4.17. The van der Waals surface area contributed by atoms with Gasteiger partial charge in [-0.15, -0.1) is 0 Å². The van der Waals surface area contributed by atoms with Gasteiger partial charge in [0.25, 0.3) is 0 Å². The second kappa shape index (κ2) is 9.00. The Labute approximate surface area is 154 Å². The summed E-state index contributed by atoms with van der Waals surface area (Å²) in [4.78, 5) is 28.5. The van der Waals surface area contributed by atoms with Crippen molar-refractivity contribution < 1.29 is 14.3 Å². The number of hydrogen-bond acceptors (Lipinski definition) is 4. The van der Waals surface area contributed by atoms with Crippen LogP contribution in [0.4, 0.5) is 10.5 Å². The monoisotopic (exact) mass is 360 g/mol. The molecule has 2 aliphatic rings. The maximum Gasteiger partial charge on any atom is 0.321 e. The van der Waals surface area contributed by atoms with Crippen LogP contribution in [0.15, 0.2) is 24.3 Å². The molecule has 1 aromatic rings. The summed E-state index contributed by atoms with van der Waals surface area (Å²) in [5.41, 5.74) is 7.37. The van der Waals surface area contributed by atoms with Gasteiger partial charge in [0.05, 0.1) is 13.2 Å². The average molecular weight is 360 g/mol. The zero-order valence-electron chi connectivity index (χ0n) is 15.2.